The second-order valence-corrected chi connectivity index (χ2v) is 8.80. The van der Waals surface area contributed by atoms with Crippen molar-refractivity contribution in [1.82, 2.24) is 0 Å². The van der Waals surface area contributed by atoms with Crippen LogP contribution in [0.2, 0.25) is 0 Å². The highest BCUT2D eigenvalue weighted by Crippen LogP contribution is 2.39. The Morgan fingerprint density at radius 1 is 0.750 bits per heavy atom. The summed E-state index contributed by atoms with van der Waals surface area (Å²) in [6.07, 6.45) is 1.77. The number of hydrogen-bond donors (Lipinski definition) is 1. The molecule has 0 aliphatic rings. The fourth-order valence-corrected chi connectivity index (χ4v) is 3.37. The largest absolute Gasteiger partial charge is 0.507 e. The molecule has 2 nitrogen and oxygen atoms in total. The van der Waals surface area contributed by atoms with E-state index in [1.165, 1.54) is 5.56 Å². The third-order valence-electron chi connectivity index (χ3n) is 5.27. The fourth-order valence-electron chi connectivity index (χ4n) is 3.37. The Morgan fingerprint density at radius 2 is 1.32 bits per heavy atom. The summed E-state index contributed by atoms with van der Waals surface area (Å²) in [5.74, 6) is 0.305. The first kappa shape index (κ1) is 19.9. The first-order valence-electron chi connectivity index (χ1n) is 9.72. The number of phenolic OH excluding ortho intramolecular Hbond substituents is 1. The topological polar surface area (TPSA) is 32.6 Å². The summed E-state index contributed by atoms with van der Waals surface area (Å²) in [5, 5.41) is 11.0. The number of para-hydroxylation sites is 1. The van der Waals surface area contributed by atoms with E-state index in [1.807, 2.05) is 36.4 Å². The van der Waals surface area contributed by atoms with E-state index in [9.17, 15) is 5.11 Å². The predicted octanol–water partition coefficient (Wildman–Crippen LogP) is 6.77. The molecule has 2 heteroatoms. The molecule has 28 heavy (non-hydrogen) atoms. The van der Waals surface area contributed by atoms with Crippen LogP contribution in [0.3, 0.4) is 0 Å². The number of aromatic hydroxyl groups is 1. The molecule has 0 heterocycles. The van der Waals surface area contributed by atoms with E-state index in [2.05, 4.69) is 76.0 Å². The van der Waals surface area contributed by atoms with E-state index in [0.29, 0.717) is 5.75 Å². The van der Waals surface area contributed by atoms with Crippen molar-refractivity contribution in [3.8, 4) is 5.75 Å². The second-order valence-electron chi connectivity index (χ2n) is 8.80. The molecule has 0 spiro atoms. The van der Waals surface area contributed by atoms with Crippen LogP contribution in [0.5, 0.6) is 5.75 Å². The third kappa shape index (κ3) is 4.17. The molecule has 3 aromatic rings. The van der Waals surface area contributed by atoms with Gasteiger partial charge in [0.15, 0.2) is 0 Å². The van der Waals surface area contributed by atoms with Gasteiger partial charge in [0, 0.05) is 22.8 Å². The van der Waals surface area contributed by atoms with Gasteiger partial charge in [-0.05, 0) is 34.7 Å². The minimum Gasteiger partial charge on any atom is -0.507 e. The molecular formula is C26H29NO. The summed E-state index contributed by atoms with van der Waals surface area (Å²) < 4.78 is 0. The van der Waals surface area contributed by atoms with Gasteiger partial charge in [0.05, 0.1) is 5.69 Å². The highest BCUT2D eigenvalue weighted by atomic mass is 16.3. The lowest BCUT2D eigenvalue weighted by Gasteiger charge is -2.30. The lowest BCUT2D eigenvalue weighted by molar-refractivity contribution is 0.444. The molecule has 0 unspecified atom stereocenters. The number of phenols is 1. The first-order valence-corrected chi connectivity index (χ1v) is 9.72. The molecule has 0 aliphatic carbocycles. The Kier molecular flexibility index (Phi) is 5.42. The highest BCUT2D eigenvalue weighted by molar-refractivity contribution is 5.86. The maximum absolute atomic E-state index is 11.0. The zero-order valence-electron chi connectivity index (χ0n) is 17.4. The zero-order chi connectivity index (χ0) is 20.4. The number of rotatable bonds is 4. The monoisotopic (exact) mass is 371 g/mol. The lowest BCUT2D eigenvalue weighted by atomic mass is 9.74. The number of nitrogens with zero attached hydrogens (tertiary/aromatic N) is 1. The van der Waals surface area contributed by atoms with Crippen molar-refractivity contribution < 1.29 is 5.11 Å². The van der Waals surface area contributed by atoms with Crippen LogP contribution in [0, 0.1) is 0 Å². The van der Waals surface area contributed by atoms with Crippen molar-refractivity contribution >= 4 is 11.9 Å². The van der Waals surface area contributed by atoms with E-state index in [4.69, 9.17) is 0 Å². The van der Waals surface area contributed by atoms with E-state index in [0.717, 1.165) is 22.4 Å². The Bertz CT molecular complexity index is 965. The van der Waals surface area contributed by atoms with Crippen molar-refractivity contribution in [1.29, 1.82) is 0 Å². The fraction of sp³-hybridized carbons (Fsp3) is 0.269. The van der Waals surface area contributed by atoms with Crippen molar-refractivity contribution in [2.75, 3.05) is 0 Å². The molecular weight excluding hydrogens is 342 g/mol. The van der Waals surface area contributed by atoms with Gasteiger partial charge in [0.2, 0.25) is 0 Å². The summed E-state index contributed by atoms with van der Waals surface area (Å²) >= 11 is 0. The van der Waals surface area contributed by atoms with Crippen molar-refractivity contribution in [2.45, 2.75) is 45.4 Å². The Morgan fingerprint density at radius 3 is 1.89 bits per heavy atom. The molecule has 0 amide bonds. The molecule has 0 aliphatic heterocycles. The van der Waals surface area contributed by atoms with Crippen LogP contribution in [-0.4, -0.2) is 11.3 Å². The lowest BCUT2D eigenvalue weighted by Crippen LogP contribution is -2.21. The van der Waals surface area contributed by atoms with Gasteiger partial charge in [0.25, 0.3) is 0 Å². The van der Waals surface area contributed by atoms with Gasteiger partial charge in [-0.15, -0.1) is 0 Å². The Labute approximate surface area is 168 Å². The molecule has 3 aromatic carbocycles. The quantitative estimate of drug-likeness (QED) is 0.505. The van der Waals surface area contributed by atoms with Gasteiger partial charge in [-0.2, -0.15) is 0 Å². The maximum Gasteiger partial charge on any atom is 0.128 e. The third-order valence-corrected chi connectivity index (χ3v) is 5.27. The SMILES string of the molecule is CC(C)(C)c1cc(C(C)(C)c2ccccc2)cc(C=Nc2ccccc2)c1O. The standard InChI is InChI=1S/C26H29NO/c1-25(2,3)23-17-21(26(4,5)20-12-8-6-9-13-20)16-19(24(23)28)18-27-22-14-10-7-11-15-22/h6-18,28H,1-5H3. The summed E-state index contributed by atoms with van der Waals surface area (Å²) in [5.41, 5.74) is 4.58. The summed E-state index contributed by atoms with van der Waals surface area (Å²) in [6, 6.07) is 24.5. The molecule has 0 saturated carbocycles. The van der Waals surface area contributed by atoms with Gasteiger partial charge in [-0.1, -0.05) is 89.2 Å². The Hall–Kier alpha value is -2.87. The molecule has 0 radical (unpaired) electrons. The smallest absolute Gasteiger partial charge is 0.128 e. The summed E-state index contributed by atoms with van der Waals surface area (Å²) in [4.78, 5) is 4.57. The summed E-state index contributed by atoms with van der Waals surface area (Å²) in [6.45, 7) is 10.8. The number of benzene rings is 3. The molecule has 0 bridgehead atoms. The number of aliphatic imine (C=N–C) groups is 1. The van der Waals surface area contributed by atoms with Crippen LogP contribution < -0.4 is 0 Å². The van der Waals surface area contributed by atoms with Crippen LogP contribution in [0.4, 0.5) is 5.69 Å². The van der Waals surface area contributed by atoms with E-state index >= 15 is 0 Å². The molecule has 0 atom stereocenters. The Balaban J connectivity index is 2.15. The van der Waals surface area contributed by atoms with Crippen molar-refractivity contribution in [3.05, 3.63) is 95.1 Å². The zero-order valence-corrected chi connectivity index (χ0v) is 17.4. The molecule has 0 aromatic heterocycles. The predicted molar refractivity (Wildman–Crippen MR) is 119 cm³/mol. The highest BCUT2D eigenvalue weighted by Gasteiger charge is 2.28. The minimum absolute atomic E-state index is 0.178. The number of hydrogen-bond acceptors (Lipinski definition) is 2. The van der Waals surface area contributed by atoms with Gasteiger partial charge < -0.3 is 5.11 Å². The van der Waals surface area contributed by atoms with E-state index < -0.39 is 0 Å². The average molecular weight is 372 g/mol. The minimum atomic E-state index is -0.190. The van der Waals surface area contributed by atoms with Gasteiger partial charge in [0.1, 0.15) is 5.75 Å². The molecule has 0 saturated heterocycles. The van der Waals surface area contributed by atoms with Gasteiger partial charge in [-0.25, -0.2) is 0 Å². The van der Waals surface area contributed by atoms with Gasteiger partial charge >= 0.3 is 0 Å². The van der Waals surface area contributed by atoms with Gasteiger partial charge in [-0.3, -0.25) is 4.99 Å². The average Bonchev–Trinajstić information content (AvgIpc) is 2.67. The first-order chi connectivity index (χ1) is 13.2. The molecule has 1 N–H and O–H groups in total. The van der Waals surface area contributed by atoms with E-state index in [-0.39, 0.29) is 10.8 Å². The van der Waals surface area contributed by atoms with Crippen LogP contribution in [0.25, 0.3) is 0 Å². The van der Waals surface area contributed by atoms with E-state index in [1.54, 1.807) is 6.21 Å². The molecule has 0 fully saturated rings. The van der Waals surface area contributed by atoms with Crippen LogP contribution in [0.1, 0.15) is 56.9 Å². The van der Waals surface area contributed by atoms with Crippen molar-refractivity contribution in [3.63, 3.8) is 0 Å². The molecule has 3 rings (SSSR count). The molecule has 144 valence electrons. The van der Waals surface area contributed by atoms with Crippen LogP contribution in [0.15, 0.2) is 77.8 Å². The normalized spacial score (nSPS) is 12.5. The van der Waals surface area contributed by atoms with Crippen LogP contribution in [-0.2, 0) is 10.8 Å². The second kappa shape index (κ2) is 7.63. The maximum atomic E-state index is 11.0. The van der Waals surface area contributed by atoms with Crippen molar-refractivity contribution in [2.24, 2.45) is 4.99 Å². The summed E-state index contributed by atoms with van der Waals surface area (Å²) in [7, 11) is 0. The van der Waals surface area contributed by atoms with Crippen LogP contribution >= 0.6 is 0 Å².